The highest BCUT2D eigenvalue weighted by atomic mass is 32.2. The molecule has 0 bridgehead atoms. The van der Waals surface area contributed by atoms with Crippen LogP contribution in [0, 0.1) is 0 Å². The van der Waals surface area contributed by atoms with Crippen LogP contribution in [0.3, 0.4) is 0 Å². The van der Waals surface area contributed by atoms with Crippen LogP contribution in [0.2, 0.25) is 0 Å². The molecule has 1 fully saturated rings. The summed E-state index contributed by atoms with van der Waals surface area (Å²) in [6.45, 7) is 0.179. The van der Waals surface area contributed by atoms with Crippen molar-refractivity contribution >= 4 is 15.8 Å². The molecule has 0 amide bonds. The van der Waals surface area contributed by atoms with Crippen molar-refractivity contribution in [2.45, 2.75) is 6.04 Å². The first kappa shape index (κ1) is 12.4. The summed E-state index contributed by atoms with van der Waals surface area (Å²) in [5, 5.41) is 9.02. The van der Waals surface area contributed by atoms with Crippen molar-refractivity contribution in [2.75, 3.05) is 38.3 Å². The van der Waals surface area contributed by atoms with Crippen molar-refractivity contribution in [1.29, 1.82) is 0 Å². The Bertz CT molecular complexity index is 312. The van der Waals surface area contributed by atoms with Crippen molar-refractivity contribution in [3.8, 4) is 0 Å². The highest BCUT2D eigenvalue weighted by Gasteiger charge is 2.31. The van der Waals surface area contributed by atoms with Crippen LogP contribution in [-0.4, -0.2) is 68.7 Å². The summed E-state index contributed by atoms with van der Waals surface area (Å²) < 4.78 is 26.8. The van der Waals surface area contributed by atoms with Gasteiger partial charge in [0.2, 0.25) is 0 Å². The smallest absolute Gasteiger partial charge is 0.325 e. The van der Waals surface area contributed by atoms with E-state index >= 15 is 0 Å². The first-order chi connectivity index (χ1) is 7.00. The van der Waals surface area contributed by atoms with Crippen LogP contribution < -0.4 is 0 Å². The summed E-state index contributed by atoms with van der Waals surface area (Å²) in [6.07, 6.45) is 0. The quantitative estimate of drug-likeness (QED) is 0.586. The van der Waals surface area contributed by atoms with E-state index in [9.17, 15) is 13.2 Å². The van der Waals surface area contributed by atoms with Crippen LogP contribution in [-0.2, 0) is 19.4 Å². The van der Waals surface area contributed by atoms with Crippen molar-refractivity contribution in [3.05, 3.63) is 0 Å². The summed E-state index contributed by atoms with van der Waals surface area (Å²) in [4.78, 5) is 12.9. The second-order valence-corrected chi connectivity index (χ2v) is 5.71. The number of ether oxygens (including phenoxy) is 1. The van der Waals surface area contributed by atoms with Crippen molar-refractivity contribution < 1.29 is 23.1 Å². The average Bonchev–Trinajstić information content (AvgIpc) is 2.21. The largest absolute Gasteiger partial charge is 0.468 e. The predicted molar refractivity (Wildman–Crippen MR) is 53.1 cm³/mol. The van der Waals surface area contributed by atoms with Gasteiger partial charge in [-0.15, -0.1) is 0 Å². The van der Waals surface area contributed by atoms with Gasteiger partial charge in [-0.05, 0) is 0 Å². The Morgan fingerprint density at radius 3 is 2.40 bits per heavy atom. The van der Waals surface area contributed by atoms with Crippen molar-refractivity contribution in [3.63, 3.8) is 0 Å². The molecule has 1 rings (SSSR count). The third kappa shape index (κ3) is 3.15. The summed E-state index contributed by atoms with van der Waals surface area (Å²) in [6, 6.07) is -0.745. The van der Waals surface area contributed by atoms with E-state index in [2.05, 4.69) is 4.74 Å². The number of sulfone groups is 1. The van der Waals surface area contributed by atoms with Gasteiger partial charge in [-0.1, -0.05) is 0 Å². The third-order valence-corrected chi connectivity index (χ3v) is 4.08. The number of methoxy groups -OCH3 is 1. The molecule has 1 heterocycles. The van der Waals surface area contributed by atoms with E-state index in [0.717, 1.165) is 0 Å². The van der Waals surface area contributed by atoms with Gasteiger partial charge in [0.1, 0.15) is 6.04 Å². The number of hydrogen-bond donors (Lipinski definition) is 1. The highest BCUT2D eigenvalue weighted by molar-refractivity contribution is 7.91. The number of aliphatic hydroxyl groups is 1. The van der Waals surface area contributed by atoms with Gasteiger partial charge in [-0.3, -0.25) is 9.69 Å². The lowest BCUT2D eigenvalue weighted by Crippen LogP contribution is -2.51. The Morgan fingerprint density at radius 2 is 2.00 bits per heavy atom. The maximum atomic E-state index is 11.2. The zero-order valence-electron chi connectivity index (χ0n) is 8.55. The lowest BCUT2D eigenvalue weighted by molar-refractivity contribution is -0.148. The summed E-state index contributed by atoms with van der Waals surface area (Å²) in [5.74, 6) is -0.474. The van der Waals surface area contributed by atoms with Gasteiger partial charge in [-0.25, -0.2) is 8.42 Å². The molecule has 1 atom stereocenters. The van der Waals surface area contributed by atoms with Gasteiger partial charge in [0.15, 0.2) is 9.84 Å². The van der Waals surface area contributed by atoms with Gasteiger partial charge in [0.25, 0.3) is 0 Å². The van der Waals surface area contributed by atoms with Crippen molar-refractivity contribution in [1.82, 2.24) is 4.90 Å². The monoisotopic (exact) mass is 237 g/mol. The van der Waals surface area contributed by atoms with Crippen LogP contribution in [0.25, 0.3) is 0 Å². The lowest BCUT2D eigenvalue weighted by atomic mass is 10.2. The minimum atomic E-state index is -2.97. The summed E-state index contributed by atoms with van der Waals surface area (Å²) >= 11 is 0. The molecule has 7 heteroatoms. The minimum Gasteiger partial charge on any atom is -0.468 e. The fourth-order valence-electron chi connectivity index (χ4n) is 1.51. The van der Waals surface area contributed by atoms with Gasteiger partial charge in [0, 0.05) is 13.1 Å². The topological polar surface area (TPSA) is 83.9 Å². The Hall–Kier alpha value is -0.660. The first-order valence-corrected chi connectivity index (χ1v) is 6.45. The van der Waals surface area contributed by atoms with Gasteiger partial charge < -0.3 is 9.84 Å². The van der Waals surface area contributed by atoms with Gasteiger partial charge in [-0.2, -0.15) is 0 Å². The van der Waals surface area contributed by atoms with E-state index in [4.69, 9.17) is 5.11 Å². The summed E-state index contributed by atoms with van der Waals surface area (Å²) in [5.41, 5.74) is 0. The Kier molecular flexibility index (Phi) is 4.06. The number of aliphatic hydroxyl groups excluding tert-OH is 1. The molecule has 0 aliphatic carbocycles. The molecule has 0 spiro atoms. The fraction of sp³-hybridized carbons (Fsp3) is 0.875. The van der Waals surface area contributed by atoms with Crippen molar-refractivity contribution in [2.24, 2.45) is 0 Å². The third-order valence-electron chi connectivity index (χ3n) is 2.47. The SMILES string of the molecule is COC(=O)[C@@H](CO)N1CCS(=O)(=O)CC1. The molecule has 1 N–H and O–H groups in total. The fourth-order valence-corrected chi connectivity index (χ4v) is 2.74. The van der Waals surface area contributed by atoms with Crippen LogP contribution >= 0.6 is 0 Å². The second kappa shape index (κ2) is 4.91. The molecule has 0 aromatic rings. The van der Waals surface area contributed by atoms with E-state index in [-0.39, 0.29) is 31.2 Å². The van der Waals surface area contributed by atoms with E-state index in [1.165, 1.54) is 7.11 Å². The molecule has 0 saturated carbocycles. The number of rotatable bonds is 3. The molecular weight excluding hydrogens is 222 g/mol. The predicted octanol–water partition coefficient (Wildman–Crippen LogP) is -1.75. The van der Waals surface area contributed by atoms with Crippen LogP contribution in [0.5, 0.6) is 0 Å². The van der Waals surface area contributed by atoms with Crippen LogP contribution in [0.15, 0.2) is 0 Å². The molecule has 15 heavy (non-hydrogen) atoms. The van der Waals surface area contributed by atoms with E-state index < -0.39 is 21.8 Å². The van der Waals surface area contributed by atoms with E-state index in [1.54, 1.807) is 4.90 Å². The zero-order chi connectivity index (χ0) is 11.5. The first-order valence-electron chi connectivity index (χ1n) is 4.63. The number of esters is 1. The zero-order valence-corrected chi connectivity index (χ0v) is 9.37. The number of nitrogens with zero attached hydrogens (tertiary/aromatic N) is 1. The summed E-state index contributed by atoms with van der Waals surface area (Å²) in [7, 11) is -1.72. The van der Waals surface area contributed by atoms with Gasteiger partial charge >= 0.3 is 5.97 Å². The Balaban J connectivity index is 2.61. The maximum absolute atomic E-state index is 11.2. The highest BCUT2D eigenvalue weighted by Crippen LogP contribution is 2.08. The van der Waals surface area contributed by atoms with Crippen LogP contribution in [0.1, 0.15) is 0 Å². The number of carbonyl (C=O) groups is 1. The normalized spacial score (nSPS) is 23.3. The molecule has 1 saturated heterocycles. The molecule has 1 aliphatic rings. The Morgan fingerprint density at radius 1 is 1.47 bits per heavy atom. The molecule has 0 radical (unpaired) electrons. The molecule has 0 aromatic heterocycles. The molecular formula is C8H15NO5S. The molecule has 0 unspecified atom stereocenters. The number of carbonyl (C=O) groups excluding carboxylic acids is 1. The van der Waals surface area contributed by atoms with E-state index in [0.29, 0.717) is 0 Å². The average molecular weight is 237 g/mol. The lowest BCUT2D eigenvalue weighted by Gasteiger charge is -2.31. The van der Waals surface area contributed by atoms with Gasteiger partial charge in [0.05, 0.1) is 25.2 Å². The molecule has 1 aliphatic heterocycles. The second-order valence-electron chi connectivity index (χ2n) is 3.41. The van der Waals surface area contributed by atoms with Crippen LogP contribution in [0.4, 0.5) is 0 Å². The molecule has 0 aromatic carbocycles. The standard InChI is InChI=1S/C8H15NO5S/c1-14-8(11)7(6-10)9-2-4-15(12,13)5-3-9/h7,10H,2-6H2,1H3/t7-/m1/s1. The van der Waals surface area contributed by atoms with E-state index in [1.807, 2.05) is 0 Å². The molecule has 88 valence electrons. The Labute approximate surface area is 88.7 Å². The molecule has 6 nitrogen and oxygen atoms in total. The number of hydrogen-bond acceptors (Lipinski definition) is 6. The maximum Gasteiger partial charge on any atom is 0.325 e. The minimum absolute atomic E-state index is 0.0283.